The number of rotatable bonds is 5. The molecule has 1 atom stereocenters. The number of hydrogen-bond acceptors (Lipinski definition) is 5. The second-order valence-corrected chi connectivity index (χ2v) is 5.98. The first-order chi connectivity index (χ1) is 12.5. The van der Waals surface area contributed by atoms with Crippen molar-refractivity contribution in [2.24, 2.45) is 5.92 Å². The maximum atomic E-state index is 12.5. The van der Waals surface area contributed by atoms with E-state index in [1.807, 2.05) is 0 Å². The fourth-order valence-corrected chi connectivity index (χ4v) is 2.91. The largest absolute Gasteiger partial charge is 0.508 e. The summed E-state index contributed by atoms with van der Waals surface area (Å²) in [5.74, 6) is 0.391. The highest BCUT2D eigenvalue weighted by Crippen LogP contribution is 2.36. The van der Waals surface area contributed by atoms with E-state index in [0.717, 1.165) is 0 Å². The van der Waals surface area contributed by atoms with Crippen LogP contribution in [0.2, 0.25) is 0 Å². The number of aromatic hydroxyl groups is 1. The molecule has 2 aromatic carbocycles. The quantitative estimate of drug-likeness (QED) is 0.803. The van der Waals surface area contributed by atoms with Crippen molar-refractivity contribution < 1.29 is 24.2 Å². The van der Waals surface area contributed by atoms with E-state index in [2.05, 4.69) is 5.32 Å². The Bertz CT molecular complexity index is 819. The first-order valence-corrected chi connectivity index (χ1v) is 8.14. The topological polar surface area (TPSA) is 88.1 Å². The predicted octanol–water partition coefficient (Wildman–Crippen LogP) is 2.40. The zero-order valence-electron chi connectivity index (χ0n) is 14.6. The van der Waals surface area contributed by atoms with E-state index in [1.165, 1.54) is 19.2 Å². The molecule has 1 heterocycles. The number of hydrogen-bond donors (Lipinski definition) is 2. The van der Waals surface area contributed by atoms with Crippen LogP contribution < -0.4 is 19.7 Å². The van der Waals surface area contributed by atoms with Crippen LogP contribution in [0.4, 0.5) is 11.4 Å². The smallest absolute Gasteiger partial charge is 0.229 e. The molecule has 0 bridgehead atoms. The number of nitrogens with zero attached hydrogens (tertiary/aromatic N) is 1. The van der Waals surface area contributed by atoms with Crippen LogP contribution in [0, 0.1) is 5.92 Å². The lowest BCUT2D eigenvalue weighted by atomic mass is 10.1. The minimum Gasteiger partial charge on any atom is -0.508 e. The number of methoxy groups -OCH3 is 2. The van der Waals surface area contributed by atoms with Crippen molar-refractivity contribution in [3.8, 4) is 17.2 Å². The van der Waals surface area contributed by atoms with Crippen molar-refractivity contribution in [2.75, 3.05) is 31.0 Å². The number of carbonyl (C=O) groups is 2. The molecule has 0 unspecified atom stereocenters. The summed E-state index contributed by atoms with van der Waals surface area (Å²) in [6.07, 6.45) is 0.115. The summed E-state index contributed by atoms with van der Waals surface area (Å²) in [5.41, 5.74) is 1.15. The average molecular weight is 356 g/mol. The van der Waals surface area contributed by atoms with Gasteiger partial charge in [-0.25, -0.2) is 0 Å². The van der Waals surface area contributed by atoms with Gasteiger partial charge in [0.1, 0.15) is 17.2 Å². The Kier molecular flexibility index (Phi) is 4.97. The number of carbonyl (C=O) groups excluding carboxylic acids is 2. The molecule has 1 fully saturated rings. The number of amides is 2. The van der Waals surface area contributed by atoms with Gasteiger partial charge in [-0.05, 0) is 36.4 Å². The zero-order valence-corrected chi connectivity index (χ0v) is 14.6. The van der Waals surface area contributed by atoms with Gasteiger partial charge in [-0.1, -0.05) is 0 Å². The number of anilines is 2. The monoisotopic (exact) mass is 356 g/mol. The summed E-state index contributed by atoms with van der Waals surface area (Å²) in [7, 11) is 3.08. The number of benzene rings is 2. The molecule has 7 nitrogen and oxygen atoms in total. The summed E-state index contributed by atoms with van der Waals surface area (Å²) in [6.45, 7) is 0.256. The Morgan fingerprint density at radius 3 is 2.54 bits per heavy atom. The van der Waals surface area contributed by atoms with Crippen LogP contribution in [-0.4, -0.2) is 37.7 Å². The maximum Gasteiger partial charge on any atom is 0.229 e. The molecular formula is C19H20N2O5. The normalized spacial score (nSPS) is 16.5. The van der Waals surface area contributed by atoms with E-state index < -0.39 is 5.92 Å². The lowest BCUT2D eigenvalue weighted by molar-refractivity contribution is -0.122. The molecule has 0 aromatic heterocycles. The molecule has 1 aliphatic rings. The van der Waals surface area contributed by atoms with Gasteiger partial charge in [0.15, 0.2) is 0 Å². The van der Waals surface area contributed by atoms with Crippen LogP contribution in [0.25, 0.3) is 0 Å². The Morgan fingerprint density at radius 1 is 1.15 bits per heavy atom. The number of phenolic OH excluding ortho intramolecular Hbond substituents is 1. The molecule has 0 saturated carbocycles. The molecule has 0 aliphatic carbocycles. The van der Waals surface area contributed by atoms with Crippen molar-refractivity contribution in [3.63, 3.8) is 0 Å². The van der Waals surface area contributed by atoms with E-state index in [-0.39, 0.29) is 30.5 Å². The summed E-state index contributed by atoms with van der Waals surface area (Å²) in [4.78, 5) is 26.5. The van der Waals surface area contributed by atoms with E-state index in [1.54, 1.807) is 42.3 Å². The third kappa shape index (κ3) is 3.56. The highest BCUT2D eigenvalue weighted by molar-refractivity contribution is 6.04. The Labute approximate surface area is 151 Å². The highest BCUT2D eigenvalue weighted by atomic mass is 16.5. The number of nitrogens with one attached hydrogen (secondary N) is 1. The van der Waals surface area contributed by atoms with Gasteiger partial charge in [-0.2, -0.15) is 0 Å². The lowest BCUT2D eigenvalue weighted by Crippen LogP contribution is -2.28. The van der Waals surface area contributed by atoms with Crippen LogP contribution in [-0.2, 0) is 9.59 Å². The zero-order chi connectivity index (χ0) is 18.7. The third-order valence-electron chi connectivity index (χ3n) is 4.31. The van der Waals surface area contributed by atoms with Crippen molar-refractivity contribution in [2.45, 2.75) is 6.42 Å². The second-order valence-electron chi connectivity index (χ2n) is 5.98. The minimum absolute atomic E-state index is 0.115. The number of ether oxygens (including phenoxy) is 2. The summed E-state index contributed by atoms with van der Waals surface area (Å²) in [6, 6.07) is 11.4. The van der Waals surface area contributed by atoms with Crippen LogP contribution >= 0.6 is 0 Å². The Morgan fingerprint density at radius 2 is 1.88 bits per heavy atom. The fourth-order valence-electron chi connectivity index (χ4n) is 2.91. The molecule has 3 rings (SSSR count). The molecule has 26 heavy (non-hydrogen) atoms. The van der Waals surface area contributed by atoms with Crippen LogP contribution in [0.5, 0.6) is 17.2 Å². The lowest BCUT2D eigenvalue weighted by Gasteiger charge is -2.20. The van der Waals surface area contributed by atoms with Gasteiger partial charge in [0.25, 0.3) is 0 Å². The Balaban J connectivity index is 1.76. The molecule has 0 spiro atoms. The summed E-state index contributed by atoms with van der Waals surface area (Å²) < 4.78 is 10.6. The molecule has 7 heteroatoms. The van der Waals surface area contributed by atoms with Crippen molar-refractivity contribution >= 4 is 23.2 Å². The molecule has 0 radical (unpaired) electrons. The standard InChI is InChI=1S/C19H20N2O5/c1-25-15-7-8-17(26-2)16(10-15)21-11-12(9-18(21)23)19(24)20-13-3-5-14(22)6-4-13/h3-8,10,12,22H,9,11H2,1-2H3,(H,20,24)/t12-/m0/s1. The first-order valence-electron chi connectivity index (χ1n) is 8.14. The fraction of sp³-hybridized carbons (Fsp3) is 0.263. The second kappa shape index (κ2) is 7.35. The van der Waals surface area contributed by atoms with Gasteiger partial charge in [0.05, 0.1) is 25.8 Å². The molecule has 2 amide bonds. The van der Waals surface area contributed by atoms with E-state index in [0.29, 0.717) is 22.9 Å². The average Bonchev–Trinajstić information content (AvgIpc) is 3.04. The molecule has 1 saturated heterocycles. The van der Waals surface area contributed by atoms with Gasteiger partial charge in [-0.3, -0.25) is 9.59 Å². The van der Waals surface area contributed by atoms with Gasteiger partial charge in [-0.15, -0.1) is 0 Å². The third-order valence-corrected chi connectivity index (χ3v) is 4.31. The number of phenols is 1. The van der Waals surface area contributed by atoms with Gasteiger partial charge in [0.2, 0.25) is 11.8 Å². The van der Waals surface area contributed by atoms with Crippen LogP contribution in [0.15, 0.2) is 42.5 Å². The van der Waals surface area contributed by atoms with E-state index in [9.17, 15) is 14.7 Å². The summed E-state index contributed by atoms with van der Waals surface area (Å²) in [5, 5.41) is 12.1. The van der Waals surface area contributed by atoms with Crippen molar-refractivity contribution in [3.05, 3.63) is 42.5 Å². The van der Waals surface area contributed by atoms with E-state index in [4.69, 9.17) is 9.47 Å². The minimum atomic E-state index is -0.479. The SMILES string of the molecule is COc1ccc(OC)c(N2C[C@@H](C(=O)Nc3ccc(O)cc3)CC2=O)c1. The maximum absolute atomic E-state index is 12.5. The van der Waals surface area contributed by atoms with Crippen molar-refractivity contribution in [1.29, 1.82) is 0 Å². The Hall–Kier alpha value is -3.22. The molecule has 136 valence electrons. The molecule has 1 aliphatic heterocycles. The molecule has 2 aromatic rings. The summed E-state index contributed by atoms with van der Waals surface area (Å²) >= 11 is 0. The van der Waals surface area contributed by atoms with Gasteiger partial charge < -0.3 is 24.8 Å². The van der Waals surface area contributed by atoms with Crippen molar-refractivity contribution in [1.82, 2.24) is 0 Å². The van der Waals surface area contributed by atoms with E-state index >= 15 is 0 Å². The molecular weight excluding hydrogens is 336 g/mol. The predicted molar refractivity (Wildman–Crippen MR) is 96.7 cm³/mol. The van der Waals surface area contributed by atoms with Gasteiger partial charge in [0, 0.05) is 24.7 Å². The molecule has 2 N–H and O–H groups in total. The van der Waals surface area contributed by atoms with Crippen LogP contribution in [0.1, 0.15) is 6.42 Å². The first kappa shape index (κ1) is 17.6. The highest BCUT2D eigenvalue weighted by Gasteiger charge is 2.36. The van der Waals surface area contributed by atoms with Crippen LogP contribution in [0.3, 0.4) is 0 Å². The van der Waals surface area contributed by atoms with Gasteiger partial charge >= 0.3 is 0 Å².